The van der Waals surface area contributed by atoms with Crippen molar-refractivity contribution in [1.29, 1.82) is 0 Å². The summed E-state index contributed by atoms with van der Waals surface area (Å²) in [6.07, 6.45) is 0. The molecule has 1 aliphatic heterocycles. The molecule has 0 radical (unpaired) electrons. The van der Waals surface area contributed by atoms with Crippen LogP contribution >= 0.6 is 0 Å². The van der Waals surface area contributed by atoms with Crippen LogP contribution in [0.2, 0.25) is 0 Å². The maximum Gasteiger partial charge on any atom is 0.316 e. The molecule has 1 aromatic heterocycles. The van der Waals surface area contributed by atoms with Gasteiger partial charge in [0.15, 0.2) is 11.5 Å². The summed E-state index contributed by atoms with van der Waals surface area (Å²) < 4.78 is 29.0. The summed E-state index contributed by atoms with van der Waals surface area (Å²) in [5.41, 5.74) is 1.66. The van der Waals surface area contributed by atoms with E-state index in [0.29, 0.717) is 29.9 Å². The van der Waals surface area contributed by atoms with Gasteiger partial charge in [0.05, 0.1) is 0 Å². The molecule has 3 aromatic rings. The van der Waals surface area contributed by atoms with Gasteiger partial charge < -0.3 is 19.2 Å². The predicted molar refractivity (Wildman–Crippen MR) is 79.6 cm³/mol. The van der Waals surface area contributed by atoms with Crippen LogP contribution < -0.4 is 14.8 Å². The summed E-state index contributed by atoms with van der Waals surface area (Å²) in [4.78, 5) is 0. The minimum Gasteiger partial charge on any atom is -0.454 e. The Bertz CT molecular complexity index is 833. The molecule has 7 heteroatoms. The summed E-state index contributed by atoms with van der Waals surface area (Å²) in [7, 11) is 0. The highest BCUT2D eigenvalue weighted by Crippen LogP contribution is 2.35. The van der Waals surface area contributed by atoms with Crippen molar-refractivity contribution in [2.75, 3.05) is 12.1 Å². The standard InChI is InChI=1S/C16H12FN3O3/c17-12-4-1-10(2-5-12)8-18-16-20-19-15(23-16)11-3-6-13-14(7-11)22-9-21-13/h1-7H,8-9H2,(H,18,20). The first-order valence-corrected chi connectivity index (χ1v) is 7.00. The van der Waals surface area contributed by atoms with Gasteiger partial charge in [-0.1, -0.05) is 17.2 Å². The molecule has 1 aliphatic rings. The Balaban J connectivity index is 1.47. The third kappa shape index (κ3) is 2.80. The summed E-state index contributed by atoms with van der Waals surface area (Å²) in [5.74, 6) is 1.46. The monoisotopic (exact) mass is 313 g/mol. The van der Waals surface area contributed by atoms with Gasteiger partial charge in [-0.15, -0.1) is 5.10 Å². The van der Waals surface area contributed by atoms with Crippen molar-refractivity contribution in [1.82, 2.24) is 10.2 Å². The van der Waals surface area contributed by atoms with E-state index in [1.165, 1.54) is 12.1 Å². The van der Waals surface area contributed by atoms with E-state index >= 15 is 0 Å². The van der Waals surface area contributed by atoms with Gasteiger partial charge in [-0.25, -0.2) is 4.39 Å². The number of halogens is 1. The van der Waals surface area contributed by atoms with Crippen LogP contribution in [0.4, 0.5) is 10.4 Å². The number of fused-ring (bicyclic) bond motifs is 1. The summed E-state index contributed by atoms with van der Waals surface area (Å²) in [5, 5.41) is 11.0. The zero-order valence-electron chi connectivity index (χ0n) is 12.0. The lowest BCUT2D eigenvalue weighted by Crippen LogP contribution is -1.99. The summed E-state index contributed by atoms with van der Waals surface area (Å²) in [6, 6.07) is 11.9. The second-order valence-electron chi connectivity index (χ2n) is 4.96. The third-order valence-corrected chi connectivity index (χ3v) is 3.40. The molecular weight excluding hydrogens is 301 g/mol. The Kier molecular flexibility index (Phi) is 3.30. The molecule has 6 nitrogen and oxygen atoms in total. The predicted octanol–water partition coefficient (Wildman–Crippen LogP) is 3.22. The van der Waals surface area contributed by atoms with Gasteiger partial charge in [0.25, 0.3) is 0 Å². The lowest BCUT2D eigenvalue weighted by atomic mass is 10.2. The highest BCUT2D eigenvalue weighted by molar-refractivity contribution is 5.60. The van der Waals surface area contributed by atoms with E-state index in [2.05, 4.69) is 15.5 Å². The molecule has 4 rings (SSSR count). The van der Waals surface area contributed by atoms with Crippen LogP contribution in [0.15, 0.2) is 46.9 Å². The lowest BCUT2D eigenvalue weighted by molar-refractivity contribution is 0.174. The Hall–Kier alpha value is -3.09. The first-order valence-electron chi connectivity index (χ1n) is 7.00. The molecule has 1 N–H and O–H groups in total. The van der Waals surface area contributed by atoms with Crippen LogP contribution in [0, 0.1) is 5.82 Å². The van der Waals surface area contributed by atoms with Crippen LogP contribution in [0.25, 0.3) is 11.5 Å². The van der Waals surface area contributed by atoms with Crippen LogP contribution in [-0.4, -0.2) is 17.0 Å². The van der Waals surface area contributed by atoms with Gasteiger partial charge in [0.2, 0.25) is 12.7 Å². The average molecular weight is 313 g/mol. The number of hydrogen-bond donors (Lipinski definition) is 1. The molecule has 0 bridgehead atoms. The Morgan fingerprint density at radius 1 is 1.00 bits per heavy atom. The Morgan fingerprint density at radius 3 is 2.70 bits per heavy atom. The fourth-order valence-electron chi connectivity index (χ4n) is 2.22. The van der Waals surface area contributed by atoms with Crippen molar-refractivity contribution >= 4 is 6.01 Å². The quantitative estimate of drug-likeness (QED) is 0.797. The van der Waals surface area contributed by atoms with Crippen molar-refractivity contribution in [3.8, 4) is 23.0 Å². The number of aromatic nitrogens is 2. The van der Waals surface area contributed by atoms with Crippen molar-refractivity contribution in [3.63, 3.8) is 0 Å². The van der Waals surface area contributed by atoms with E-state index in [-0.39, 0.29) is 12.6 Å². The van der Waals surface area contributed by atoms with Crippen LogP contribution in [0.5, 0.6) is 11.5 Å². The average Bonchev–Trinajstić information content (AvgIpc) is 3.22. The van der Waals surface area contributed by atoms with E-state index < -0.39 is 0 Å². The number of hydrogen-bond acceptors (Lipinski definition) is 6. The van der Waals surface area contributed by atoms with E-state index in [4.69, 9.17) is 13.9 Å². The van der Waals surface area contributed by atoms with Crippen molar-refractivity contribution in [2.24, 2.45) is 0 Å². The minimum absolute atomic E-state index is 0.215. The summed E-state index contributed by atoms with van der Waals surface area (Å²) in [6.45, 7) is 0.677. The number of nitrogens with one attached hydrogen (secondary N) is 1. The van der Waals surface area contributed by atoms with Crippen LogP contribution in [0.1, 0.15) is 5.56 Å². The van der Waals surface area contributed by atoms with E-state index in [9.17, 15) is 4.39 Å². The summed E-state index contributed by atoms with van der Waals surface area (Å²) >= 11 is 0. The molecule has 23 heavy (non-hydrogen) atoms. The molecule has 2 aromatic carbocycles. The number of anilines is 1. The minimum atomic E-state index is -0.267. The van der Waals surface area contributed by atoms with Gasteiger partial charge in [-0.2, -0.15) is 0 Å². The van der Waals surface area contributed by atoms with Gasteiger partial charge in [-0.05, 0) is 35.9 Å². The SMILES string of the molecule is Fc1ccc(CNc2nnc(-c3ccc4c(c3)OCO4)o2)cc1. The second-order valence-corrected chi connectivity index (χ2v) is 4.96. The normalized spacial score (nSPS) is 12.4. The van der Waals surface area contributed by atoms with Crippen molar-refractivity contribution in [2.45, 2.75) is 6.54 Å². The maximum absolute atomic E-state index is 12.9. The van der Waals surface area contributed by atoms with Crippen molar-refractivity contribution < 1.29 is 18.3 Å². The fourth-order valence-corrected chi connectivity index (χ4v) is 2.22. The molecule has 0 spiro atoms. The molecular formula is C16H12FN3O3. The van der Waals surface area contributed by atoms with Crippen molar-refractivity contribution in [3.05, 3.63) is 53.8 Å². The zero-order chi connectivity index (χ0) is 15.6. The van der Waals surface area contributed by atoms with Gasteiger partial charge in [-0.3, -0.25) is 0 Å². The number of nitrogens with zero attached hydrogens (tertiary/aromatic N) is 2. The molecule has 0 saturated heterocycles. The topological polar surface area (TPSA) is 69.4 Å². The second kappa shape index (κ2) is 5.60. The van der Waals surface area contributed by atoms with Crippen LogP contribution in [0.3, 0.4) is 0 Å². The van der Waals surface area contributed by atoms with E-state index in [1.54, 1.807) is 24.3 Å². The molecule has 0 aliphatic carbocycles. The zero-order valence-corrected chi connectivity index (χ0v) is 12.0. The first kappa shape index (κ1) is 13.6. The Morgan fingerprint density at radius 2 is 1.83 bits per heavy atom. The van der Waals surface area contributed by atoms with E-state index in [1.807, 2.05) is 6.07 Å². The molecule has 0 atom stereocenters. The maximum atomic E-state index is 12.9. The molecule has 0 saturated carbocycles. The first-order chi connectivity index (χ1) is 11.3. The highest BCUT2D eigenvalue weighted by Gasteiger charge is 2.16. The smallest absolute Gasteiger partial charge is 0.316 e. The number of benzene rings is 2. The van der Waals surface area contributed by atoms with Gasteiger partial charge in [0, 0.05) is 12.1 Å². The van der Waals surface area contributed by atoms with Gasteiger partial charge >= 0.3 is 6.01 Å². The molecule has 0 fully saturated rings. The Labute approximate surface area is 130 Å². The third-order valence-electron chi connectivity index (χ3n) is 3.40. The van der Waals surface area contributed by atoms with Crippen LogP contribution in [-0.2, 0) is 6.54 Å². The molecule has 2 heterocycles. The lowest BCUT2D eigenvalue weighted by Gasteiger charge is -2.01. The highest BCUT2D eigenvalue weighted by atomic mass is 19.1. The number of ether oxygens (including phenoxy) is 2. The molecule has 0 amide bonds. The molecule has 0 unspecified atom stereocenters. The van der Waals surface area contributed by atoms with Gasteiger partial charge in [0.1, 0.15) is 5.82 Å². The molecule has 116 valence electrons. The fraction of sp³-hybridized carbons (Fsp3) is 0.125. The largest absolute Gasteiger partial charge is 0.454 e. The van der Waals surface area contributed by atoms with E-state index in [0.717, 1.165) is 11.1 Å². The number of rotatable bonds is 4.